The molecule has 0 spiro atoms. The number of amides is 1. The van der Waals surface area contributed by atoms with E-state index in [1.54, 1.807) is 25.3 Å². The topological polar surface area (TPSA) is 122 Å². The number of anilines is 4. The number of likely N-dealkylation sites (N-methyl/N-ethyl adjacent to an activating group) is 1. The van der Waals surface area contributed by atoms with Crippen LogP contribution in [0.2, 0.25) is 0 Å². The van der Waals surface area contributed by atoms with Crippen molar-refractivity contribution in [3.8, 4) is 22.8 Å². The Hall–Kier alpha value is -6.60. The predicted octanol–water partition coefficient (Wildman–Crippen LogP) is 6.40. The minimum atomic E-state index is -0.0218. The number of nitrogens with zero attached hydrogens (tertiary/aromatic N) is 9. The molecule has 0 unspecified atom stereocenters. The minimum Gasteiger partial charge on any atom is -0.497 e. The summed E-state index contributed by atoms with van der Waals surface area (Å²) >= 11 is 0. The molecule has 8 rings (SSSR count). The van der Waals surface area contributed by atoms with Crippen LogP contribution in [-0.2, 0) is 30.7 Å². The van der Waals surface area contributed by atoms with Crippen molar-refractivity contribution in [3.63, 3.8) is 0 Å². The number of ether oxygens (including phenoxy) is 3. The Balaban J connectivity index is 1.06. The summed E-state index contributed by atoms with van der Waals surface area (Å²) in [5.41, 5.74) is 7.60. The van der Waals surface area contributed by atoms with E-state index in [2.05, 4.69) is 43.9 Å². The first-order valence-corrected chi connectivity index (χ1v) is 19.5. The highest BCUT2D eigenvalue weighted by atomic mass is 16.5. The van der Waals surface area contributed by atoms with E-state index in [1.165, 1.54) is 0 Å². The predicted molar refractivity (Wildman–Crippen MR) is 224 cm³/mol. The lowest BCUT2D eigenvalue weighted by atomic mass is 10.1. The van der Waals surface area contributed by atoms with Crippen LogP contribution in [0.3, 0.4) is 0 Å². The van der Waals surface area contributed by atoms with Crippen LogP contribution >= 0.6 is 0 Å². The Kier molecular flexibility index (Phi) is 11.7. The van der Waals surface area contributed by atoms with E-state index >= 15 is 0 Å². The number of pyridine rings is 1. The Morgan fingerprint density at radius 3 is 2.03 bits per heavy atom. The van der Waals surface area contributed by atoms with Crippen LogP contribution in [0, 0.1) is 0 Å². The molecule has 1 saturated heterocycles. The van der Waals surface area contributed by atoms with Gasteiger partial charge in [-0.05, 0) is 84.1 Å². The molecule has 3 aromatic carbocycles. The summed E-state index contributed by atoms with van der Waals surface area (Å²) in [5, 5.41) is 0. The third kappa shape index (κ3) is 8.69. The van der Waals surface area contributed by atoms with E-state index in [1.807, 2.05) is 86.3 Å². The van der Waals surface area contributed by atoms with Gasteiger partial charge in [0.2, 0.25) is 11.9 Å². The Morgan fingerprint density at radius 2 is 1.43 bits per heavy atom. The number of fused-ring (bicyclic) bond motifs is 1. The van der Waals surface area contributed by atoms with E-state index in [4.69, 9.17) is 34.1 Å². The molecule has 0 saturated carbocycles. The monoisotopic (exact) mass is 777 g/mol. The maximum Gasteiger partial charge on any atom is 0.253 e. The normalized spacial score (nSPS) is 13.6. The van der Waals surface area contributed by atoms with Crippen molar-refractivity contribution in [2.24, 2.45) is 0 Å². The molecule has 13 heteroatoms. The first kappa shape index (κ1) is 38.3. The van der Waals surface area contributed by atoms with Gasteiger partial charge in [-0.1, -0.05) is 30.3 Å². The van der Waals surface area contributed by atoms with E-state index < -0.39 is 0 Å². The first-order valence-electron chi connectivity index (χ1n) is 19.5. The third-order valence-electron chi connectivity index (χ3n) is 10.6. The molecule has 0 aliphatic carbocycles. The van der Waals surface area contributed by atoms with Crippen LogP contribution in [-0.4, -0.2) is 96.4 Å². The number of hydrogen-bond donors (Lipinski definition) is 0. The van der Waals surface area contributed by atoms with Gasteiger partial charge in [-0.15, -0.1) is 0 Å². The summed E-state index contributed by atoms with van der Waals surface area (Å²) in [4.78, 5) is 46.1. The number of morpholine rings is 1. The van der Waals surface area contributed by atoms with Crippen LogP contribution in [0.25, 0.3) is 11.3 Å². The largest absolute Gasteiger partial charge is 0.497 e. The zero-order valence-electron chi connectivity index (χ0n) is 33.1. The second kappa shape index (κ2) is 17.7. The summed E-state index contributed by atoms with van der Waals surface area (Å²) in [6.07, 6.45) is 8.83. The van der Waals surface area contributed by atoms with Gasteiger partial charge < -0.3 is 33.8 Å². The number of hydrogen-bond acceptors (Lipinski definition) is 12. The first-order chi connectivity index (χ1) is 28.4. The molecule has 296 valence electrons. The van der Waals surface area contributed by atoms with E-state index in [-0.39, 0.29) is 5.91 Å². The summed E-state index contributed by atoms with van der Waals surface area (Å²) in [5.74, 6) is 3.70. The average molecular weight is 778 g/mol. The fourth-order valence-electron chi connectivity index (χ4n) is 7.29. The molecule has 0 bridgehead atoms. The molecule has 6 aromatic rings. The molecule has 1 fully saturated rings. The summed E-state index contributed by atoms with van der Waals surface area (Å²) < 4.78 is 16.5. The van der Waals surface area contributed by atoms with Gasteiger partial charge in [0.15, 0.2) is 0 Å². The fourth-order valence-corrected chi connectivity index (χ4v) is 7.29. The van der Waals surface area contributed by atoms with E-state index in [9.17, 15) is 4.79 Å². The molecular formula is C45H47N9O4. The van der Waals surface area contributed by atoms with E-state index in [0.29, 0.717) is 63.4 Å². The van der Waals surface area contributed by atoms with Crippen LogP contribution in [0.4, 0.5) is 23.4 Å². The van der Waals surface area contributed by atoms with Crippen LogP contribution in [0.5, 0.6) is 11.5 Å². The Bertz CT molecular complexity index is 2240. The second-order valence-corrected chi connectivity index (χ2v) is 14.4. The third-order valence-corrected chi connectivity index (χ3v) is 10.6. The van der Waals surface area contributed by atoms with Gasteiger partial charge in [0, 0.05) is 93.5 Å². The molecule has 2 aliphatic heterocycles. The number of methoxy groups -OCH3 is 2. The number of rotatable bonds is 14. The standard InChI is InChI=1S/C45H47N9O4/c1-51(21-18-32-5-4-20-46-27-32)43(55)35-10-12-37(13-11-35)54-22-19-40-41(49-45(50-42(40)54)52-23-25-58-26-24-52)36-28-47-44(48-29-36)53(30-33-6-14-38(56-2)15-7-33)31-34-8-16-39(57-3)17-9-34/h4-17,20,27-29H,18-19,21-26,30-31H2,1-3H3. The lowest BCUT2D eigenvalue weighted by Gasteiger charge is -2.28. The molecular weight excluding hydrogens is 731 g/mol. The number of benzene rings is 3. The Morgan fingerprint density at radius 1 is 0.776 bits per heavy atom. The van der Waals surface area contributed by atoms with Gasteiger partial charge in [0.25, 0.3) is 5.91 Å². The number of aromatic nitrogens is 5. The quantitative estimate of drug-likeness (QED) is 0.122. The SMILES string of the molecule is COc1ccc(CN(Cc2ccc(OC)cc2)c2ncc(-c3nc(N4CCOCC4)nc4c3CCN4c3ccc(C(=O)N(C)CCc4cccnc4)cc3)cn2)cc1. The van der Waals surface area contributed by atoms with Crippen molar-refractivity contribution in [2.45, 2.75) is 25.9 Å². The van der Waals surface area contributed by atoms with Crippen molar-refractivity contribution in [2.75, 3.05) is 75.4 Å². The molecule has 1 amide bonds. The van der Waals surface area contributed by atoms with Gasteiger partial charge in [-0.3, -0.25) is 9.78 Å². The maximum absolute atomic E-state index is 13.4. The zero-order chi connectivity index (χ0) is 39.8. The zero-order valence-corrected chi connectivity index (χ0v) is 33.1. The van der Waals surface area contributed by atoms with Crippen molar-refractivity contribution in [3.05, 3.63) is 138 Å². The fraction of sp³-hybridized carbons (Fsp3) is 0.289. The smallest absolute Gasteiger partial charge is 0.253 e. The maximum atomic E-state index is 13.4. The lowest BCUT2D eigenvalue weighted by Crippen LogP contribution is -2.37. The summed E-state index contributed by atoms with van der Waals surface area (Å²) in [6, 6.07) is 27.9. The molecule has 2 aliphatic rings. The molecule has 13 nitrogen and oxygen atoms in total. The second-order valence-electron chi connectivity index (χ2n) is 14.4. The van der Waals surface area contributed by atoms with Crippen molar-refractivity contribution >= 4 is 29.3 Å². The average Bonchev–Trinajstić information content (AvgIpc) is 3.73. The molecule has 0 radical (unpaired) electrons. The molecule has 58 heavy (non-hydrogen) atoms. The van der Waals surface area contributed by atoms with Gasteiger partial charge in [0.05, 0.1) is 33.1 Å². The number of carbonyl (C=O) groups is 1. The highest BCUT2D eigenvalue weighted by Gasteiger charge is 2.30. The lowest BCUT2D eigenvalue weighted by molar-refractivity contribution is 0.0796. The van der Waals surface area contributed by atoms with Crippen LogP contribution < -0.4 is 24.2 Å². The molecule has 5 heterocycles. The van der Waals surface area contributed by atoms with Gasteiger partial charge in [0.1, 0.15) is 17.3 Å². The molecule has 3 aromatic heterocycles. The summed E-state index contributed by atoms with van der Waals surface area (Å²) in [7, 11) is 5.18. The van der Waals surface area contributed by atoms with Crippen molar-refractivity contribution < 1.29 is 19.0 Å². The van der Waals surface area contributed by atoms with Crippen LogP contribution in [0.15, 0.2) is 110 Å². The van der Waals surface area contributed by atoms with E-state index in [0.717, 1.165) is 75.9 Å². The minimum absolute atomic E-state index is 0.0218. The molecule has 0 N–H and O–H groups in total. The van der Waals surface area contributed by atoms with Crippen LogP contribution in [0.1, 0.15) is 32.6 Å². The summed E-state index contributed by atoms with van der Waals surface area (Å²) in [6.45, 7) is 5.14. The van der Waals surface area contributed by atoms with Crippen molar-refractivity contribution in [1.29, 1.82) is 0 Å². The number of carbonyl (C=O) groups excluding carboxylic acids is 1. The Labute approximate surface area is 338 Å². The molecule has 0 atom stereocenters. The highest BCUT2D eigenvalue weighted by molar-refractivity contribution is 5.94. The van der Waals surface area contributed by atoms with Crippen molar-refractivity contribution in [1.82, 2.24) is 29.8 Å². The highest BCUT2D eigenvalue weighted by Crippen LogP contribution is 2.39. The van der Waals surface area contributed by atoms with Gasteiger partial charge in [-0.2, -0.15) is 4.98 Å². The van der Waals surface area contributed by atoms with Gasteiger partial charge in [-0.25, -0.2) is 15.0 Å². The van der Waals surface area contributed by atoms with Gasteiger partial charge >= 0.3 is 0 Å².